The third kappa shape index (κ3) is 7.17. The third-order valence-corrected chi connectivity index (χ3v) is 4.24. The first-order valence-electron chi connectivity index (χ1n) is 8.97. The molecule has 2 rings (SSSR count). The number of benzene rings is 2. The largest absolute Gasteiger partial charge is 0.385 e. The molecule has 150 valence electrons. The molecule has 0 bridgehead atoms. The summed E-state index contributed by atoms with van der Waals surface area (Å²) in [6.45, 7) is 5.08. The van der Waals surface area contributed by atoms with Crippen LogP contribution in [0.5, 0.6) is 0 Å². The van der Waals surface area contributed by atoms with Gasteiger partial charge in [-0.15, -0.1) is 0 Å². The second kappa shape index (κ2) is 12.8. The molecule has 0 saturated carbocycles. The zero-order valence-electron chi connectivity index (χ0n) is 16.3. The number of amides is 2. The first-order valence-corrected chi connectivity index (χ1v) is 9.35. The van der Waals surface area contributed by atoms with Crippen LogP contribution in [0.25, 0.3) is 0 Å². The molecule has 3 N–H and O–H groups in total. The summed E-state index contributed by atoms with van der Waals surface area (Å²) in [6.07, 6.45) is 2.27. The number of hydrogen-bond donors (Lipinski definition) is 3. The molecule has 7 nitrogen and oxygen atoms in total. The highest BCUT2D eigenvalue weighted by Gasteiger charge is 2.09. The van der Waals surface area contributed by atoms with Gasteiger partial charge in [0.05, 0.1) is 22.2 Å². The second-order valence-corrected chi connectivity index (χ2v) is 6.13. The molecule has 0 aliphatic rings. The van der Waals surface area contributed by atoms with Gasteiger partial charge in [-0.1, -0.05) is 25.4 Å². The van der Waals surface area contributed by atoms with Crippen LogP contribution in [0.4, 0.5) is 5.69 Å². The van der Waals surface area contributed by atoms with E-state index in [2.05, 4.69) is 23.7 Å². The molecule has 0 spiro atoms. The molecule has 2 aromatic rings. The number of hydrogen-bond acceptors (Lipinski definition) is 5. The van der Waals surface area contributed by atoms with E-state index in [-0.39, 0.29) is 0 Å². The Kier molecular flexibility index (Phi) is 10.3. The van der Waals surface area contributed by atoms with Crippen LogP contribution in [-0.2, 0) is 11.2 Å². The molecule has 0 unspecified atom stereocenters. The maximum absolute atomic E-state index is 11.2. The number of anilines is 1. The summed E-state index contributed by atoms with van der Waals surface area (Å²) in [5.74, 6) is -0.429. The van der Waals surface area contributed by atoms with Crippen molar-refractivity contribution in [3.8, 4) is 12.1 Å². The van der Waals surface area contributed by atoms with E-state index in [9.17, 15) is 9.59 Å². The molecule has 0 fully saturated rings. The summed E-state index contributed by atoms with van der Waals surface area (Å²) >= 11 is 6.13. The molecule has 0 aliphatic carbocycles. The number of nitriles is 2. The molecule has 0 aromatic heterocycles. The summed E-state index contributed by atoms with van der Waals surface area (Å²) < 4.78 is 0. The topological polar surface area (TPSA) is 118 Å². The van der Waals surface area contributed by atoms with Gasteiger partial charge in [0.2, 0.25) is 6.41 Å². The van der Waals surface area contributed by atoms with Crippen LogP contribution < -0.4 is 16.2 Å². The normalized spacial score (nSPS) is 9.14. The van der Waals surface area contributed by atoms with Crippen molar-refractivity contribution in [3.63, 3.8) is 0 Å². The zero-order chi connectivity index (χ0) is 21.6. The van der Waals surface area contributed by atoms with Crippen LogP contribution in [-0.4, -0.2) is 18.9 Å². The van der Waals surface area contributed by atoms with Crippen LogP contribution >= 0.6 is 11.6 Å². The predicted octanol–water partition coefficient (Wildman–Crippen LogP) is 3.55. The Balaban J connectivity index is 0.000000291. The SMILES string of the molecule is CCCNc1ccc(C#N)c(Cl)c1CC.N#Cc1ccc(C(=O)NNC=O)cc1. The van der Waals surface area contributed by atoms with Gasteiger partial charge in [-0.3, -0.25) is 20.4 Å². The molecule has 2 amide bonds. The Morgan fingerprint density at radius 2 is 1.79 bits per heavy atom. The molecule has 8 heteroatoms. The number of hydrazine groups is 1. The van der Waals surface area contributed by atoms with E-state index in [1.807, 2.05) is 24.5 Å². The van der Waals surface area contributed by atoms with E-state index in [0.717, 1.165) is 30.6 Å². The Labute approximate surface area is 175 Å². The average Bonchev–Trinajstić information content (AvgIpc) is 2.76. The molecular weight excluding hydrogens is 390 g/mol. The van der Waals surface area contributed by atoms with E-state index >= 15 is 0 Å². The van der Waals surface area contributed by atoms with E-state index in [1.54, 1.807) is 6.07 Å². The molecule has 0 heterocycles. The minimum absolute atomic E-state index is 0.363. The van der Waals surface area contributed by atoms with Crippen molar-refractivity contribution in [1.29, 1.82) is 10.5 Å². The smallest absolute Gasteiger partial charge is 0.269 e. The number of carbonyl (C=O) groups is 2. The van der Waals surface area contributed by atoms with Crippen molar-refractivity contribution >= 4 is 29.6 Å². The van der Waals surface area contributed by atoms with Crippen LogP contribution in [0, 0.1) is 22.7 Å². The molecule has 0 aliphatic heterocycles. The van der Waals surface area contributed by atoms with Crippen LogP contribution in [0.2, 0.25) is 5.02 Å². The molecule has 0 atom stereocenters. The summed E-state index contributed by atoms with van der Waals surface area (Å²) in [4.78, 5) is 21.1. The number of halogens is 1. The lowest BCUT2D eigenvalue weighted by molar-refractivity contribution is -0.110. The summed E-state index contributed by atoms with van der Waals surface area (Å²) in [5, 5.41) is 21.2. The van der Waals surface area contributed by atoms with Crippen molar-refractivity contribution < 1.29 is 9.59 Å². The Bertz CT molecular complexity index is 914. The summed E-state index contributed by atoms with van der Waals surface area (Å²) in [5.41, 5.74) is 7.65. The minimum Gasteiger partial charge on any atom is -0.385 e. The van der Waals surface area contributed by atoms with E-state index < -0.39 is 5.91 Å². The zero-order valence-corrected chi connectivity index (χ0v) is 17.0. The first kappa shape index (κ1) is 23.5. The minimum atomic E-state index is -0.429. The van der Waals surface area contributed by atoms with E-state index in [1.165, 1.54) is 24.3 Å². The monoisotopic (exact) mass is 411 g/mol. The Morgan fingerprint density at radius 1 is 1.10 bits per heavy atom. The van der Waals surface area contributed by atoms with Crippen molar-refractivity contribution in [2.75, 3.05) is 11.9 Å². The fourth-order valence-electron chi connectivity index (χ4n) is 2.34. The van der Waals surface area contributed by atoms with Gasteiger partial charge in [-0.05, 0) is 54.8 Å². The molecule has 0 saturated heterocycles. The Hall–Kier alpha value is -3.55. The van der Waals surface area contributed by atoms with Gasteiger partial charge in [0.25, 0.3) is 5.91 Å². The van der Waals surface area contributed by atoms with Crippen molar-refractivity contribution in [1.82, 2.24) is 10.9 Å². The molecular formula is C21H22ClN5O2. The summed E-state index contributed by atoms with van der Waals surface area (Å²) in [7, 11) is 0. The number of nitrogens with one attached hydrogen (secondary N) is 3. The lowest BCUT2D eigenvalue weighted by Crippen LogP contribution is -2.36. The fraction of sp³-hybridized carbons (Fsp3) is 0.238. The number of carbonyl (C=O) groups excluding carboxylic acids is 2. The fourth-order valence-corrected chi connectivity index (χ4v) is 2.68. The van der Waals surface area contributed by atoms with Gasteiger partial charge in [0, 0.05) is 17.8 Å². The van der Waals surface area contributed by atoms with Gasteiger partial charge in [-0.25, -0.2) is 0 Å². The predicted molar refractivity (Wildman–Crippen MR) is 112 cm³/mol. The average molecular weight is 412 g/mol. The van der Waals surface area contributed by atoms with Gasteiger partial charge in [-0.2, -0.15) is 10.5 Å². The standard InChI is InChI=1S/C12H15ClN2.C9H7N3O2/c1-3-7-15-11-6-5-9(8-14)12(13)10(11)4-2;10-5-7-1-3-8(4-2-7)9(14)12-11-6-13/h5-6,15H,3-4,7H2,1-2H3;1-4,6H,(H,11,13)(H,12,14). The molecule has 0 radical (unpaired) electrons. The van der Waals surface area contributed by atoms with Gasteiger partial charge < -0.3 is 5.32 Å². The van der Waals surface area contributed by atoms with Crippen LogP contribution in [0.1, 0.15) is 47.3 Å². The quantitative estimate of drug-likeness (QED) is 0.475. The van der Waals surface area contributed by atoms with Crippen LogP contribution in [0.3, 0.4) is 0 Å². The number of nitrogens with zero attached hydrogens (tertiary/aromatic N) is 2. The van der Waals surface area contributed by atoms with Crippen LogP contribution in [0.15, 0.2) is 36.4 Å². The molecule has 29 heavy (non-hydrogen) atoms. The third-order valence-electron chi connectivity index (χ3n) is 3.80. The highest BCUT2D eigenvalue weighted by atomic mass is 35.5. The number of rotatable bonds is 7. The van der Waals surface area contributed by atoms with Gasteiger partial charge in [0.1, 0.15) is 6.07 Å². The van der Waals surface area contributed by atoms with Gasteiger partial charge >= 0.3 is 0 Å². The van der Waals surface area contributed by atoms with E-state index in [4.69, 9.17) is 22.1 Å². The lowest BCUT2D eigenvalue weighted by Gasteiger charge is -2.12. The van der Waals surface area contributed by atoms with Crippen molar-refractivity contribution in [2.45, 2.75) is 26.7 Å². The lowest BCUT2D eigenvalue weighted by atomic mass is 10.1. The van der Waals surface area contributed by atoms with E-state index in [0.29, 0.717) is 28.1 Å². The Morgan fingerprint density at radius 3 is 2.31 bits per heavy atom. The van der Waals surface area contributed by atoms with Crippen molar-refractivity contribution in [2.24, 2.45) is 0 Å². The maximum Gasteiger partial charge on any atom is 0.269 e. The second-order valence-electron chi connectivity index (χ2n) is 5.75. The molecule has 2 aromatic carbocycles. The first-order chi connectivity index (χ1) is 14.0. The maximum atomic E-state index is 11.2. The summed E-state index contributed by atoms with van der Waals surface area (Å²) in [6, 6.07) is 13.8. The van der Waals surface area contributed by atoms with Crippen molar-refractivity contribution in [3.05, 3.63) is 63.7 Å². The van der Waals surface area contributed by atoms with Gasteiger partial charge in [0.15, 0.2) is 0 Å². The highest BCUT2D eigenvalue weighted by molar-refractivity contribution is 6.32. The highest BCUT2D eigenvalue weighted by Crippen LogP contribution is 2.28.